The molecule has 2 heteroatoms. The standard InChI is InChI=1S/C8H15NO/c1-6(2)7-3-4-9-8(10)5-7/h6-7H,3-5H2,1-2H3,(H,9,10)/t7-/m1/s1. The molecule has 0 aliphatic carbocycles. The van der Waals surface area contributed by atoms with Gasteiger partial charge >= 0.3 is 0 Å². The Hall–Kier alpha value is -0.530. The summed E-state index contributed by atoms with van der Waals surface area (Å²) in [6, 6.07) is 0. The molecule has 0 spiro atoms. The first-order valence-electron chi connectivity index (χ1n) is 3.97. The molecular formula is C8H15NO. The van der Waals surface area contributed by atoms with E-state index >= 15 is 0 Å². The molecule has 0 radical (unpaired) electrons. The normalized spacial score (nSPS) is 26.7. The van der Waals surface area contributed by atoms with Crippen molar-refractivity contribution >= 4 is 5.91 Å². The van der Waals surface area contributed by atoms with E-state index in [1.807, 2.05) is 0 Å². The van der Waals surface area contributed by atoms with Gasteiger partial charge < -0.3 is 5.32 Å². The van der Waals surface area contributed by atoms with Crippen molar-refractivity contribution in [1.82, 2.24) is 5.32 Å². The second-order valence-electron chi connectivity index (χ2n) is 3.35. The van der Waals surface area contributed by atoms with Crippen LogP contribution in [0.4, 0.5) is 0 Å². The molecule has 1 rings (SSSR count). The van der Waals surface area contributed by atoms with E-state index < -0.39 is 0 Å². The zero-order valence-corrected chi connectivity index (χ0v) is 6.68. The van der Waals surface area contributed by atoms with E-state index in [9.17, 15) is 4.79 Å². The predicted molar refractivity (Wildman–Crippen MR) is 40.6 cm³/mol. The van der Waals surface area contributed by atoms with Crippen LogP contribution in [-0.4, -0.2) is 12.5 Å². The number of rotatable bonds is 1. The van der Waals surface area contributed by atoms with Crippen molar-refractivity contribution in [3.8, 4) is 0 Å². The highest BCUT2D eigenvalue weighted by molar-refractivity contribution is 5.76. The van der Waals surface area contributed by atoms with E-state index in [1.54, 1.807) is 0 Å². The summed E-state index contributed by atoms with van der Waals surface area (Å²) in [5.74, 6) is 1.50. The molecule has 1 aliphatic heterocycles. The van der Waals surface area contributed by atoms with Crippen molar-refractivity contribution in [3.63, 3.8) is 0 Å². The second-order valence-corrected chi connectivity index (χ2v) is 3.35. The maximum Gasteiger partial charge on any atom is 0.220 e. The van der Waals surface area contributed by atoms with Crippen LogP contribution in [0.5, 0.6) is 0 Å². The average Bonchev–Trinajstić information content (AvgIpc) is 1.88. The minimum absolute atomic E-state index is 0.227. The maximum atomic E-state index is 10.9. The van der Waals surface area contributed by atoms with Gasteiger partial charge in [0.25, 0.3) is 0 Å². The van der Waals surface area contributed by atoms with Crippen LogP contribution in [0.2, 0.25) is 0 Å². The largest absolute Gasteiger partial charge is 0.356 e. The third-order valence-corrected chi connectivity index (χ3v) is 2.23. The van der Waals surface area contributed by atoms with E-state index in [4.69, 9.17) is 0 Å². The van der Waals surface area contributed by atoms with Crippen molar-refractivity contribution < 1.29 is 4.79 Å². The molecule has 0 saturated carbocycles. The monoisotopic (exact) mass is 141 g/mol. The molecule has 0 aromatic carbocycles. The number of carbonyl (C=O) groups is 1. The molecule has 1 atom stereocenters. The Bertz CT molecular complexity index is 131. The van der Waals surface area contributed by atoms with Gasteiger partial charge in [-0.15, -0.1) is 0 Å². The lowest BCUT2D eigenvalue weighted by molar-refractivity contribution is -0.123. The third kappa shape index (κ3) is 1.72. The van der Waals surface area contributed by atoms with Gasteiger partial charge in [-0.1, -0.05) is 13.8 Å². The van der Waals surface area contributed by atoms with Crippen LogP contribution >= 0.6 is 0 Å². The lowest BCUT2D eigenvalue weighted by Crippen LogP contribution is -2.35. The molecule has 58 valence electrons. The lowest BCUT2D eigenvalue weighted by Gasteiger charge is -2.24. The molecule has 0 bridgehead atoms. The van der Waals surface area contributed by atoms with Gasteiger partial charge in [0.1, 0.15) is 0 Å². The molecule has 0 aromatic rings. The summed E-state index contributed by atoms with van der Waals surface area (Å²) in [6.45, 7) is 5.24. The highest BCUT2D eigenvalue weighted by atomic mass is 16.1. The molecular weight excluding hydrogens is 126 g/mol. The third-order valence-electron chi connectivity index (χ3n) is 2.23. The van der Waals surface area contributed by atoms with Crippen molar-refractivity contribution in [3.05, 3.63) is 0 Å². The Morgan fingerprint density at radius 2 is 2.30 bits per heavy atom. The smallest absolute Gasteiger partial charge is 0.220 e. The Morgan fingerprint density at radius 3 is 2.70 bits per heavy atom. The number of nitrogens with one attached hydrogen (secondary N) is 1. The summed E-state index contributed by atoms with van der Waals surface area (Å²) in [6.07, 6.45) is 1.89. The summed E-state index contributed by atoms with van der Waals surface area (Å²) in [5, 5.41) is 2.83. The van der Waals surface area contributed by atoms with Gasteiger partial charge in [0.2, 0.25) is 5.91 Å². The van der Waals surface area contributed by atoms with Gasteiger partial charge in [-0.2, -0.15) is 0 Å². The highest BCUT2D eigenvalue weighted by Gasteiger charge is 2.20. The number of amides is 1. The number of hydrogen-bond acceptors (Lipinski definition) is 1. The molecule has 1 saturated heterocycles. The van der Waals surface area contributed by atoms with Gasteiger partial charge in [-0.05, 0) is 18.3 Å². The Morgan fingerprint density at radius 1 is 1.60 bits per heavy atom. The Balaban J connectivity index is 2.39. The lowest BCUT2D eigenvalue weighted by atomic mass is 9.87. The Labute approximate surface area is 62.0 Å². The van der Waals surface area contributed by atoms with Crippen molar-refractivity contribution in [1.29, 1.82) is 0 Å². The fourth-order valence-corrected chi connectivity index (χ4v) is 1.38. The summed E-state index contributed by atoms with van der Waals surface area (Å²) in [4.78, 5) is 10.9. The summed E-state index contributed by atoms with van der Waals surface area (Å²) in [5.41, 5.74) is 0. The molecule has 1 amide bonds. The highest BCUT2D eigenvalue weighted by Crippen LogP contribution is 2.20. The molecule has 1 aliphatic rings. The van der Waals surface area contributed by atoms with Gasteiger partial charge in [0.15, 0.2) is 0 Å². The minimum Gasteiger partial charge on any atom is -0.356 e. The SMILES string of the molecule is CC(C)[C@@H]1CCNC(=O)C1. The van der Waals surface area contributed by atoms with Crippen molar-refractivity contribution in [2.75, 3.05) is 6.54 Å². The first-order valence-corrected chi connectivity index (χ1v) is 3.97. The van der Waals surface area contributed by atoms with E-state index in [-0.39, 0.29) is 5.91 Å². The van der Waals surface area contributed by atoms with Gasteiger partial charge in [-0.25, -0.2) is 0 Å². The zero-order valence-electron chi connectivity index (χ0n) is 6.68. The van der Waals surface area contributed by atoms with Gasteiger partial charge in [0, 0.05) is 13.0 Å². The van der Waals surface area contributed by atoms with E-state index in [0.717, 1.165) is 19.4 Å². The zero-order chi connectivity index (χ0) is 7.56. The quantitative estimate of drug-likeness (QED) is 0.583. The van der Waals surface area contributed by atoms with Crippen LogP contribution in [0.3, 0.4) is 0 Å². The van der Waals surface area contributed by atoms with Crippen LogP contribution < -0.4 is 5.32 Å². The molecule has 1 N–H and O–H groups in total. The van der Waals surface area contributed by atoms with Crippen LogP contribution in [-0.2, 0) is 4.79 Å². The van der Waals surface area contributed by atoms with E-state index in [0.29, 0.717) is 11.8 Å². The van der Waals surface area contributed by atoms with Gasteiger partial charge in [0.05, 0.1) is 0 Å². The number of piperidine rings is 1. The minimum atomic E-state index is 0.227. The molecule has 0 aromatic heterocycles. The predicted octanol–water partition coefficient (Wildman–Crippen LogP) is 1.17. The second kappa shape index (κ2) is 3.04. The van der Waals surface area contributed by atoms with Crippen molar-refractivity contribution in [2.45, 2.75) is 26.7 Å². The molecule has 10 heavy (non-hydrogen) atoms. The van der Waals surface area contributed by atoms with E-state index in [1.165, 1.54) is 0 Å². The topological polar surface area (TPSA) is 29.1 Å². The van der Waals surface area contributed by atoms with Crippen LogP contribution in [0.1, 0.15) is 26.7 Å². The molecule has 0 unspecified atom stereocenters. The fourth-order valence-electron chi connectivity index (χ4n) is 1.38. The van der Waals surface area contributed by atoms with Crippen LogP contribution in [0.15, 0.2) is 0 Å². The van der Waals surface area contributed by atoms with Crippen LogP contribution in [0.25, 0.3) is 0 Å². The van der Waals surface area contributed by atoms with Crippen molar-refractivity contribution in [2.24, 2.45) is 11.8 Å². The maximum absolute atomic E-state index is 10.9. The summed E-state index contributed by atoms with van der Waals surface area (Å²) < 4.78 is 0. The molecule has 1 heterocycles. The fraction of sp³-hybridized carbons (Fsp3) is 0.875. The summed E-state index contributed by atoms with van der Waals surface area (Å²) >= 11 is 0. The average molecular weight is 141 g/mol. The van der Waals surface area contributed by atoms with E-state index in [2.05, 4.69) is 19.2 Å². The first kappa shape index (κ1) is 7.58. The first-order chi connectivity index (χ1) is 4.70. The number of carbonyl (C=O) groups excluding carboxylic acids is 1. The summed E-state index contributed by atoms with van der Waals surface area (Å²) in [7, 11) is 0. The number of hydrogen-bond donors (Lipinski definition) is 1. The Kier molecular flexibility index (Phi) is 2.30. The van der Waals surface area contributed by atoms with Crippen LogP contribution in [0, 0.1) is 11.8 Å². The molecule has 2 nitrogen and oxygen atoms in total. The molecule has 1 fully saturated rings. The van der Waals surface area contributed by atoms with Gasteiger partial charge in [-0.3, -0.25) is 4.79 Å².